The van der Waals surface area contributed by atoms with Gasteiger partial charge in [0.2, 0.25) is 5.76 Å². The third-order valence-corrected chi connectivity index (χ3v) is 3.98. The summed E-state index contributed by atoms with van der Waals surface area (Å²) in [6.45, 7) is 1.94. The molecule has 0 saturated carbocycles. The Morgan fingerprint density at radius 1 is 1.35 bits per heavy atom. The number of hydrogen-bond acceptors (Lipinski definition) is 4. The van der Waals surface area contributed by atoms with Gasteiger partial charge in [0.1, 0.15) is 0 Å². The van der Waals surface area contributed by atoms with Crippen molar-refractivity contribution in [1.29, 1.82) is 0 Å². The summed E-state index contributed by atoms with van der Waals surface area (Å²) in [5.74, 6) is -1.68. The Hall–Kier alpha value is -2.08. The lowest BCUT2D eigenvalue weighted by Crippen LogP contribution is -2.36. The first-order valence-electron chi connectivity index (χ1n) is 6.11. The molecule has 6 heteroatoms. The molecular weight excluding hydrogens is 278 g/mol. The fourth-order valence-electron chi connectivity index (χ4n) is 1.80. The number of aromatic carboxylic acids is 1. The van der Waals surface area contributed by atoms with Crippen molar-refractivity contribution in [2.24, 2.45) is 0 Å². The van der Waals surface area contributed by atoms with Crippen molar-refractivity contribution in [3.8, 4) is 0 Å². The molecular formula is C14H15NO4S. The summed E-state index contributed by atoms with van der Waals surface area (Å²) < 4.78 is 5.03. The Morgan fingerprint density at radius 3 is 2.60 bits per heavy atom. The Bertz CT molecular complexity index is 602. The van der Waals surface area contributed by atoms with Crippen LogP contribution in [0, 0.1) is 0 Å². The highest BCUT2D eigenvalue weighted by Crippen LogP contribution is 2.16. The smallest absolute Gasteiger partial charge is 0.371 e. The lowest BCUT2D eigenvalue weighted by atomic mass is 10.2. The highest BCUT2D eigenvalue weighted by atomic mass is 32.1. The molecule has 1 amide bonds. The lowest BCUT2D eigenvalue weighted by Gasteiger charge is -2.23. The van der Waals surface area contributed by atoms with Crippen LogP contribution in [0.5, 0.6) is 0 Å². The zero-order chi connectivity index (χ0) is 14.7. The number of carbonyl (C=O) groups excluding carboxylic acids is 1. The molecule has 0 fully saturated rings. The Kier molecular flexibility index (Phi) is 4.24. The zero-order valence-electron chi connectivity index (χ0n) is 11.2. The summed E-state index contributed by atoms with van der Waals surface area (Å²) in [6.07, 6.45) is 0.756. The number of carbonyl (C=O) groups is 2. The maximum Gasteiger partial charge on any atom is 0.371 e. The fourth-order valence-corrected chi connectivity index (χ4v) is 2.63. The number of rotatable bonds is 5. The maximum atomic E-state index is 12.2. The topological polar surface area (TPSA) is 70.8 Å². The molecule has 0 radical (unpaired) electrons. The van der Waals surface area contributed by atoms with Gasteiger partial charge in [-0.3, -0.25) is 4.79 Å². The van der Waals surface area contributed by atoms with Crippen LogP contribution < -0.4 is 0 Å². The van der Waals surface area contributed by atoms with E-state index in [2.05, 4.69) is 0 Å². The molecule has 1 unspecified atom stereocenters. The van der Waals surface area contributed by atoms with Gasteiger partial charge in [-0.25, -0.2) is 4.79 Å². The molecule has 0 aliphatic carbocycles. The minimum atomic E-state index is -1.18. The van der Waals surface area contributed by atoms with Crippen molar-refractivity contribution in [1.82, 2.24) is 4.90 Å². The van der Waals surface area contributed by atoms with Crippen LogP contribution in [0.25, 0.3) is 0 Å². The molecule has 20 heavy (non-hydrogen) atoms. The molecule has 1 N–H and O–H groups in total. The van der Waals surface area contributed by atoms with Crippen LogP contribution in [0.2, 0.25) is 0 Å². The molecule has 106 valence electrons. The van der Waals surface area contributed by atoms with Gasteiger partial charge in [0, 0.05) is 24.4 Å². The maximum absolute atomic E-state index is 12.2. The second-order valence-corrected chi connectivity index (χ2v) is 5.55. The monoisotopic (exact) mass is 293 g/mol. The van der Waals surface area contributed by atoms with Gasteiger partial charge in [-0.05, 0) is 30.5 Å². The first kappa shape index (κ1) is 14.3. The van der Waals surface area contributed by atoms with Gasteiger partial charge < -0.3 is 14.4 Å². The molecule has 0 aliphatic rings. The molecule has 5 nitrogen and oxygen atoms in total. The van der Waals surface area contributed by atoms with E-state index in [0.29, 0.717) is 0 Å². The third-order valence-electron chi connectivity index (χ3n) is 3.09. The van der Waals surface area contributed by atoms with Gasteiger partial charge >= 0.3 is 5.97 Å². The van der Waals surface area contributed by atoms with Crippen molar-refractivity contribution in [3.05, 3.63) is 46.0 Å². The van der Waals surface area contributed by atoms with E-state index < -0.39 is 5.97 Å². The average Bonchev–Trinajstić information content (AvgIpc) is 3.07. The molecule has 2 aromatic rings. The quantitative estimate of drug-likeness (QED) is 0.920. The molecule has 0 bridgehead atoms. The van der Waals surface area contributed by atoms with E-state index >= 15 is 0 Å². The number of amides is 1. The van der Waals surface area contributed by atoms with Crippen LogP contribution in [0.1, 0.15) is 32.9 Å². The van der Waals surface area contributed by atoms with E-state index in [4.69, 9.17) is 9.52 Å². The van der Waals surface area contributed by atoms with Gasteiger partial charge in [-0.15, -0.1) is 11.3 Å². The fraction of sp³-hybridized carbons (Fsp3) is 0.286. The Labute approximate surface area is 120 Å². The number of thiophene rings is 1. The minimum Gasteiger partial charge on any atom is -0.475 e. The van der Waals surface area contributed by atoms with Crippen molar-refractivity contribution >= 4 is 23.2 Å². The standard InChI is InChI=1S/C14H15NO4S/c1-9(8-10-4-3-7-20-10)15(2)13(16)11-5-6-12(19-11)14(17)18/h3-7,9H,8H2,1-2H3,(H,17,18). The van der Waals surface area contributed by atoms with Crippen molar-refractivity contribution in [2.75, 3.05) is 7.05 Å². The molecule has 0 saturated heterocycles. The second-order valence-electron chi connectivity index (χ2n) is 4.52. The summed E-state index contributed by atoms with van der Waals surface area (Å²) in [5, 5.41) is 10.8. The molecule has 2 aromatic heterocycles. The Balaban J connectivity index is 2.05. The molecule has 0 spiro atoms. The summed E-state index contributed by atoms with van der Waals surface area (Å²) >= 11 is 1.65. The first-order valence-corrected chi connectivity index (χ1v) is 6.99. The predicted octanol–water partition coefficient (Wildman–Crippen LogP) is 2.74. The van der Waals surface area contributed by atoms with Crippen LogP contribution >= 0.6 is 11.3 Å². The number of nitrogens with zero attached hydrogens (tertiary/aromatic N) is 1. The summed E-state index contributed by atoms with van der Waals surface area (Å²) in [4.78, 5) is 25.7. The van der Waals surface area contributed by atoms with Crippen molar-refractivity contribution < 1.29 is 19.1 Å². The van der Waals surface area contributed by atoms with Gasteiger partial charge in [0.25, 0.3) is 5.91 Å². The highest BCUT2D eigenvalue weighted by Gasteiger charge is 2.22. The van der Waals surface area contributed by atoms with Crippen LogP contribution in [-0.2, 0) is 6.42 Å². The molecule has 1 atom stereocenters. The van der Waals surface area contributed by atoms with E-state index in [1.54, 1.807) is 23.3 Å². The Morgan fingerprint density at radius 2 is 2.05 bits per heavy atom. The lowest BCUT2D eigenvalue weighted by molar-refractivity contribution is 0.0647. The van der Waals surface area contributed by atoms with Gasteiger partial charge in [-0.1, -0.05) is 6.07 Å². The van der Waals surface area contributed by atoms with Crippen molar-refractivity contribution in [3.63, 3.8) is 0 Å². The normalized spacial score (nSPS) is 12.1. The zero-order valence-corrected chi connectivity index (χ0v) is 12.0. The number of likely N-dealkylation sites (N-methyl/N-ethyl adjacent to an activating group) is 1. The first-order chi connectivity index (χ1) is 9.49. The van der Waals surface area contributed by atoms with Crippen molar-refractivity contribution in [2.45, 2.75) is 19.4 Å². The largest absolute Gasteiger partial charge is 0.475 e. The van der Waals surface area contributed by atoms with E-state index in [9.17, 15) is 9.59 Å². The van der Waals surface area contributed by atoms with Crippen LogP contribution in [-0.4, -0.2) is 35.0 Å². The number of carboxylic acids is 1. The van der Waals surface area contributed by atoms with Crippen LogP contribution in [0.4, 0.5) is 0 Å². The molecule has 2 heterocycles. The van der Waals surface area contributed by atoms with E-state index in [-0.39, 0.29) is 23.5 Å². The van der Waals surface area contributed by atoms with E-state index in [1.165, 1.54) is 17.0 Å². The second kappa shape index (κ2) is 5.92. The average molecular weight is 293 g/mol. The third kappa shape index (κ3) is 3.08. The molecule has 2 rings (SSSR count). The predicted molar refractivity (Wildman–Crippen MR) is 75.2 cm³/mol. The van der Waals surface area contributed by atoms with Gasteiger partial charge in [0.15, 0.2) is 5.76 Å². The van der Waals surface area contributed by atoms with Gasteiger partial charge in [-0.2, -0.15) is 0 Å². The summed E-state index contributed by atoms with van der Waals surface area (Å²) in [6, 6.07) is 6.67. The van der Waals surface area contributed by atoms with Crippen LogP contribution in [0.3, 0.4) is 0 Å². The number of carboxylic acid groups (broad SMARTS) is 1. The van der Waals surface area contributed by atoms with Crippen LogP contribution in [0.15, 0.2) is 34.1 Å². The highest BCUT2D eigenvalue weighted by molar-refractivity contribution is 7.09. The number of hydrogen-bond donors (Lipinski definition) is 1. The minimum absolute atomic E-state index is 0.000437. The SMILES string of the molecule is CC(Cc1cccs1)N(C)C(=O)c1ccc(C(=O)O)o1. The molecule has 0 aliphatic heterocycles. The van der Waals surface area contributed by atoms with E-state index in [0.717, 1.165) is 6.42 Å². The number of furan rings is 1. The summed E-state index contributed by atoms with van der Waals surface area (Å²) in [5.41, 5.74) is 0. The van der Waals surface area contributed by atoms with Gasteiger partial charge in [0.05, 0.1) is 0 Å². The molecule has 0 aromatic carbocycles. The van der Waals surface area contributed by atoms with E-state index in [1.807, 2.05) is 24.4 Å². The summed E-state index contributed by atoms with van der Waals surface area (Å²) in [7, 11) is 1.68.